The zero-order chi connectivity index (χ0) is 12.3. The lowest BCUT2D eigenvalue weighted by Crippen LogP contribution is -2.49. The van der Waals surface area contributed by atoms with Crippen LogP contribution in [-0.4, -0.2) is 30.0 Å². The molecule has 2 N–H and O–H groups in total. The summed E-state index contributed by atoms with van der Waals surface area (Å²) in [6.45, 7) is 4.61. The number of nitrogens with one attached hydrogen (secondary N) is 1. The smallest absolute Gasteiger partial charge is 0.0927 e. The first kappa shape index (κ1) is 12.6. The van der Waals surface area contributed by atoms with Crippen molar-refractivity contribution in [1.82, 2.24) is 5.32 Å². The Kier molecular flexibility index (Phi) is 4.15. The van der Waals surface area contributed by atoms with Gasteiger partial charge in [0.2, 0.25) is 0 Å². The number of hydrogen-bond donors (Lipinski definition) is 2. The highest BCUT2D eigenvalue weighted by Crippen LogP contribution is 2.19. The third-order valence-corrected chi connectivity index (χ3v) is 3.37. The van der Waals surface area contributed by atoms with Crippen molar-refractivity contribution < 1.29 is 9.84 Å². The van der Waals surface area contributed by atoms with Crippen molar-refractivity contribution in [1.29, 1.82) is 0 Å². The Morgan fingerprint density at radius 1 is 1.35 bits per heavy atom. The summed E-state index contributed by atoms with van der Waals surface area (Å²) < 4.78 is 5.42. The van der Waals surface area contributed by atoms with Crippen LogP contribution in [0.3, 0.4) is 0 Å². The summed E-state index contributed by atoms with van der Waals surface area (Å²) in [7, 11) is 0. The highest BCUT2D eigenvalue weighted by Gasteiger charge is 2.28. The molecule has 1 aromatic rings. The molecule has 0 aromatic heterocycles. The number of aliphatic hydroxyl groups is 1. The first-order valence-corrected chi connectivity index (χ1v) is 6.27. The van der Waals surface area contributed by atoms with Gasteiger partial charge in [0.05, 0.1) is 18.8 Å². The number of ether oxygens (including phenoxy) is 1. The standard InChI is InChI=1S/C14H21NO2/c1-10-8-13(14(16)9-17-10)15-11(2)12-6-4-3-5-7-12/h3-7,10-11,13-16H,8-9H2,1-2H3/t10-,11?,13-,14-/m0/s1. The lowest BCUT2D eigenvalue weighted by atomic mass is 9.99. The summed E-state index contributed by atoms with van der Waals surface area (Å²) in [6, 6.07) is 10.7. The van der Waals surface area contributed by atoms with Crippen LogP contribution in [0.25, 0.3) is 0 Å². The minimum Gasteiger partial charge on any atom is -0.389 e. The fraction of sp³-hybridized carbons (Fsp3) is 0.571. The highest BCUT2D eigenvalue weighted by molar-refractivity contribution is 5.18. The highest BCUT2D eigenvalue weighted by atomic mass is 16.5. The maximum Gasteiger partial charge on any atom is 0.0927 e. The SMILES string of the molecule is CC(N[C@H]1C[C@H](C)OC[C@@H]1O)c1ccccc1. The predicted octanol–water partition coefficient (Wildman–Crippen LogP) is 1.88. The number of hydrogen-bond acceptors (Lipinski definition) is 3. The maximum atomic E-state index is 9.90. The van der Waals surface area contributed by atoms with Crippen LogP contribution in [0, 0.1) is 0 Å². The fourth-order valence-electron chi connectivity index (χ4n) is 2.30. The van der Waals surface area contributed by atoms with Crippen LogP contribution in [0.4, 0.5) is 0 Å². The molecule has 4 atom stereocenters. The lowest BCUT2D eigenvalue weighted by molar-refractivity contribution is -0.0681. The van der Waals surface area contributed by atoms with Gasteiger partial charge in [0, 0.05) is 12.1 Å². The molecule has 1 heterocycles. The molecule has 3 nitrogen and oxygen atoms in total. The van der Waals surface area contributed by atoms with Gasteiger partial charge >= 0.3 is 0 Å². The van der Waals surface area contributed by atoms with Gasteiger partial charge in [0.25, 0.3) is 0 Å². The van der Waals surface area contributed by atoms with Gasteiger partial charge in [-0.15, -0.1) is 0 Å². The van der Waals surface area contributed by atoms with E-state index < -0.39 is 6.10 Å². The summed E-state index contributed by atoms with van der Waals surface area (Å²) in [5.74, 6) is 0. The summed E-state index contributed by atoms with van der Waals surface area (Å²) >= 11 is 0. The van der Waals surface area contributed by atoms with Gasteiger partial charge in [-0.25, -0.2) is 0 Å². The van der Waals surface area contributed by atoms with Crippen LogP contribution in [0.2, 0.25) is 0 Å². The van der Waals surface area contributed by atoms with E-state index >= 15 is 0 Å². The Labute approximate surface area is 103 Å². The summed E-state index contributed by atoms with van der Waals surface area (Å²) in [4.78, 5) is 0. The van der Waals surface area contributed by atoms with Crippen molar-refractivity contribution in [2.75, 3.05) is 6.61 Å². The molecule has 1 aliphatic heterocycles. The van der Waals surface area contributed by atoms with Gasteiger partial charge in [0.1, 0.15) is 0 Å². The van der Waals surface area contributed by atoms with Crippen LogP contribution in [0.5, 0.6) is 0 Å². The average molecular weight is 235 g/mol. The summed E-state index contributed by atoms with van der Waals surface area (Å²) in [6.07, 6.45) is 0.675. The maximum absolute atomic E-state index is 9.90. The second kappa shape index (κ2) is 5.63. The van der Waals surface area contributed by atoms with Gasteiger partial charge in [-0.1, -0.05) is 30.3 Å². The topological polar surface area (TPSA) is 41.5 Å². The molecule has 3 heteroatoms. The van der Waals surface area contributed by atoms with E-state index in [9.17, 15) is 5.11 Å². The zero-order valence-corrected chi connectivity index (χ0v) is 10.5. The van der Waals surface area contributed by atoms with Crippen molar-refractivity contribution in [3.8, 4) is 0 Å². The van der Waals surface area contributed by atoms with Gasteiger partial charge in [-0.3, -0.25) is 0 Å². The number of aliphatic hydroxyl groups excluding tert-OH is 1. The van der Waals surface area contributed by atoms with Gasteiger partial charge in [-0.2, -0.15) is 0 Å². The molecule has 1 unspecified atom stereocenters. The molecule has 0 aliphatic carbocycles. The Morgan fingerprint density at radius 3 is 2.76 bits per heavy atom. The molecule has 1 aromatic carbocycles. The number of rotatable bonds is 3. The van der Waals surface area contributed by atoms with E-state index in [1.807, 2.05) is 25.1 Å². The molecule has 0 saturated carbocycles. The molecule has 17 heavy (non-hydrogen) atoms. The van der Waals surface area contributed by atoms with Gasteiger partial charge < -0.3 is 15.2 Å². The first-order valence-electron chi connectivity index (χ1n) is 6.27. The Morgan fingerprint density at radius 2 is 2.06 bits per heavy atom. The van der Waals surface area contributed by atoms with Gasteiger partial charge in [-0.05, 0) is 25.8 Å². The largest absolute Gasteiger partial charge is 0.389 e. The minimum atomic E-state index is -0.405. The molecule has 1 aliphatic rings. The Bertz CT molecular complexity index is 341. The lowest BCUT2D eigenvalue weighted by Gasteiger charge is -2.34. The van der Waals surface area contributed by atoms with E-state index in [4.69, 9.17) is 4.74 Å². The molecule has 0 spiro atoms. The summed E-state index contributed by atoms with van der Waals surface area (Å²) in [5.41, 5.74) is 1.25. The van der Waals surface area contributed by atoms with Crippen LogP contribution >= 0.6 is 0 Å². The third-order valence-electron chi connectivity index (χ3n) is 3.37. The third kappa shape index (κ3) is 3.28. The predicted molar refractivity (Wildman–Crippen MR) is 67.8 cm³/mol. The second-order valence-electron chi connectivity index (χ2n) is 4.85. The Hall–Kier alpha value is -0.900. The molecule has 0 bridgehead atoms. The molecular formula is C14H21NO2. The molecule has 1 saturated heterocycles. The van der Waals surface area contributed by atoms with E-state index in [0.717, 1.165) is 6.42 Å². The normalized spacial score (nSPS) is 31.1. The fourth-order valence-corrected chi connectivity index (χ4v) is 2.30. The molecule has 0 amide bonds. The second-order valence-corrected chi connectivity index (χ2v) is 4.85. The van der Waals surface area contributed by atoms with E-state index in [1.165, 1.54) is 5.56 Å². The molecule has 94 valence electrons. The van der Waals surface area contributed by atoms with Crippen molar-refractivity contribution >= 4 is 0 Å². The van der Waals surface area contributed by atoms with Crippen molar-refractivity contribution in [2.24, 2.45) is 0 Å². The molecule has 2 rings (SSSR count). The van der Waals surface area contributed by atoms with E-state index in [1.54, 1.807) is 0 Å². The monoisotopic (exact) mass is 235 g/mol. The quantitative estimate of drug-likeness (QED) is 0.840. The van der Waals surface area contributed by atoms with Gasteiger partial charge in [0.15, 0.2) is 0 Å². The Balaban J connectivity index is 1.96. The van der Waals surface area contributed by atoms with Crippen LogP contribution < -0.4 is 5.32 Å². The van der Waals surface area contributed by atoms with Crippen molar-refractivity contribution in [3.63, 3.8) is 0 Å². The average Bonchev–Trinajstić information content (AvgIpc) is 2.35. The first-order chi connectivity index (χ1) is 8.16. The molecule has 1 fully saturated rings. The molecule has 0 radical (unpaired) electrons. The van der Waals surface area contributed by atoms with Crippen molar-refractivity contribution in [2.45, 2.75) is 44.6 Å². The van der Waals surface area contributed by atoms with E-state index in [0.29, 0.717) is 6.61 Å². The zero-order valence-electron chi connectivity index (χ0n) is 10.5. The van der Waals surface area contributed by atoms with E-state index in [-0.39, 0.29) is 18.2 Å². The van der Waals surface area contributed by atoms with E-state index in [2.05, 4.69) is 24.4 Å². The van der Waals surface area contributed by atoms with Crippen LogP contribution in [-0.2, 0) is 4.74 Å². The van der Waals surface area contributed by atoms with Crippen LogP contribution in [0.1, 0.15) is 31.9 Å². The summed E-state index contributed by atoms with van der Waals surface area (Å²) in [5, 5.41) is 13.4. The van der Waals surface area contributed by atoms with Crippen molar-refractivity contribution in [3.05, 3.63) is 35.9 Å². The molecular weight excluding hydrogens is 214 g/mol. The number of benzene rings is 1. The van der Waals surface area contributed by atoms with Crippen LogP contribution in [0.15, 0.2) is 30.3 Å². The minimum absolute atomic E-state index is 0.119.